The van der Waals surface area contributed by atoms with Crippen LogP contribution in [0.3, 0.4) is 0 Å². The van der Waals surface area contributed by atoms with Gasteiger partial charge in [0.05, 0.1) is 12.9 Å². The molecule has 0 aliphatic rings. The Morgan fingerprint density at radius 2 is 2.00 bits per heavy atom. The van der Waals surface area contributed by atoms with Crippen molar-refractivity contribution in [2.75, 3.05) is 12.4 Å². The Bertz CT molecular complexity index is 1170. The molecule has 0 radical (unpaired) electrons. The van der Waals surface area contributed by atoms with Crippen LogP contribution in [0.1, 0.15) is 26.8 Å². The molecule has 3 heterocycles. The molecule has 0 saturated heterocycles. The highest BCUT2D eigenvalue weighted by atomic mass is 32.2. The van der Waals surface area contributed by atoms with Gasteiger partial charge in [-0.05, 0) is 12.1 Å². The second-order valence-electron chi connectivity index (χ2n) is 5.82. The van der Waals surface area contributed by atoms with Gasteiger partial charge in [-0.25, -0.2) is 4.79 Å². The van der Waals surface area contributed by atoms with Crippen molar-refractivity contribution >= 4 is 40.1 Å². The van der Waals surface area contributed by atoms with Gasteiger partial charge in [0, 0.05) is 11.6 Å². The van der Waals surface area contributed by atoms with Gasteiger partial charge in [0.1, 0.15) is 5.76 Å². The van der Waals surface area contributed by atoms with Crippen LogP contribution >= 0.6 is 23.1 Å². The van der Waals surface area contributed by atoms with Crippen molar-refractivity contribution in [2.24, 2.45) is 0 Å². The topological polar surface area (TPSA) is 120 Å². The smallest absolute Gasteiger partial charge is 0.373 e. The molecule has 1 amide bonds. The fourth-order valence-electron chi connectivity index (χ4n) is 2.40. The van der Waals surface area contributed by atoms with Crippen LogP contribution in [-0.2, 0) is 10.5 Å². The molecular weight excluding hydrogens is 428 g/mol. The largest absolute Gasteiger partial charge is 0.463 e. The van der Waals surface area contributed by atoms with Crippen molar-refractivity contribution in [3.8, 4) is 11.3 Å². The summed E-state index contributed by atoms with van der Waals surface area (Å²) >= 11 is 2.58. The number of hydrogen-bond acceptors (Lipinski definition) is 10. The number of thioether (sulfide) groups is 1. The van der Waals surface area contributed by atoms with Crippen LogP contribution < -0.4 is 5.32 Å². The minimum absolute atomic E-state index is 0.140. The van der Waals surface area contributed by atoms with Crippen molar-refractivity contribution in [3.63, 3.8) is 0 Å². The first-order valence-electron chi connectivity index (χ1n) is 8.59. The zero-order valence-electron chi connectivity index (χ0n) is 15.5. The van der Waals surface area contributed by atoms with E-state index in [0.717, 1.165) is 5.56 Å². The molecule has 0 fully saturated rings. The molecule has 4 aromatic rings. The number of methoxy groups -OCH3 is 1. The number of amides is 1. The van der Waals surface area contributed by atoms with Crippen LogP contribution in [0.5, 0.6) is 0 Å². The molecule has 152 valence electrons. The van der Waals surface area contributed by atoms with E-state index < -0.39 is 11.9 Å². The number of carbonyl (C=O) groups excluding carboxylic acids is 2. The Morgan fingerprint density at radius 1 is 1.17 bits per heavy atom. The number of nitrogens with zero attached hydrogens (tertiary/aromatic N) is 3. The van der Waals surface area contributed by atoms with Crippen LogP contribution in [0.4, 0.5) is 5.13 Å². The Kier molecular flexibility index (Phi) is 5.91. The molecule has 0 aliphatic carbocycles. The Balaban J connectivity index is 1.34. The molecule has 11 heteroatoms. The summed E-state index contributed by atoms with van der Waals surface area (Å²) in [6, 6.07) is 14.2. The van der Waals surface area contributed by atoms with Crippen LogP contribution in [-0.4, -0.2) is 34.3 Å². The summed E-state index contributed by atoms with van der Waals surface area (Å²) in [5, 5.41) is 14.8. The predicted molar refractivity (Wildman–Crippen MR) is 109 cm³/mol. The summed E-state index contributed by atoms with van der Waals surface area (Å²) < 4.78 is 15.9. The first kappa shape index (κ1) is 19.9. The van der Waals surface area contributed by atoms with E-state index >= 15 is 0 Å². The van der Waals surface area contributed by atoms with Gasteiger partial charge in [0.15, 0.2) is 15.8 Å². The maximum Gasteiger partial charge on any atom is 0.373 e. The van der Waals surface area contributed by atoms with Gasteiger partial charge in [-0.3, -0.25) is 10.1 Å². The maximum absolute atomic E-state index is 12.4. The lowest BCUT2D eigenvalue weighted by Gasteiger charge is -1.96. The van der Waals surface area contributed by atoms with E-state index in [4.69, 9.17) is 8.94 Å². The number of esters is 1. The van der Waals surface area contributed by atoms with Gasteiger partial charge in [0.25, 0.3) is 5.91 Å². The minimum Gasteiger partial charge on any atom is -0.463 e. The number of aromatic nitrogens is 3. The van der Waals surface area contributed by atoms with Gasteiger partial charge >= 0.3 is 5.97 Å². The van der Waals surface area contributed by atoms with Gasteiger partial charge in [0.2, 0.25) is 10.9 Å². The number of furan rings is 1. The Hall–Kier alpha value is -3.44. The summed E-state index contributed by atoms with van der Waals surface area (Å²) in [7, 11) is 1.29. The number of rotatable bonds is 7. The van der Waals surface area contributed by atoms with Crippen LogP contribution in [0.25, 0.3) is 11.3 Å². The molecule has 30 heavy (non-hydrogen) atoms. The average Bonchev–Trinajstić information content (AvgIpc) is 3.53. The molecule has 0 aliphatic heterocycles. The summed E-state index contributed by atoms with van der Waals surface area (Å²) in [5.74, 6) is 0.707. The Labute approximate surface area is 178 Å². The lowest BCUT2D eigenvalue weighted by atomic mass is 10.1. The van der Waals surface area contributed by atoms with Crippen molar-refractivity contribution < 1.29 is 23.3 Å². The fraction of sp³-hybridized carbons (Fsp3) is 0.105. The van der Waals surface area contributed by atoms with E-state index in [2.05, 4.69) is 25.4 Å². The van der Waals surface area contributed by atoms with Crippen molar-refractivity contribution in [2.45, 2.75) is 10.1 Å². The molecule has 0 unspecified atom stereocenters. The zero-order chi connectivity index (χ0) is 20.9. The molecule has 1 aromatic carbocycles. The highest BCUT2D eigenvalue weighted by Crippen LogP contribution is 2.29. The number of anilines is 1. The predicted octanol–water partition coefficient (Wildman–Crippen LogP) is 4.12. The fourth-order valence-corrected chi connectivity index (χ4v) is 4.04. The van der Waals surface area contributed by atoms with E-state index in [-0.39, 0.29) is 11.5 Å². The summed E-state index contributed by atoms with van der Waals surface area (Å²) in [4.78, 5) is 23.8. The molecule has 0 spiro atoms. The molecule has 0 atom stereocenters. The first-order chi connectivity index (χ1) is 14.6. The maximum atomic E-state index is 12.4. The van der Waals surface area contributed by atoms with E-state index in [0.29, 0.717) is 26.7 Å². The third kappa shape index (κ3) is 4.58. The highest BCUT2D eigenvalue weighted by Gasteiger charge is 2.17. The average molecular weight is 442 g/mol. The third-order valence-electron chi connectivity index (χ3n) is 3.81. The van der Waals surface area contributed by atoms with Crippen LogP contribution in [0.15, 0.2) is 61.8 Å². The molecule has 3 aromatic heterocycles. The lowest BCUT2D eigenvalue weighted by molar-refractivity contribution is 0.0563. The van der Waals surface area contributed by atoms with E-state index in [1.54, 1.807) is 18.2 Å². The molecule has 4 rings (SSSR count). The first-order valence-corrected chi connectivity index (χ1v) is 10.4. The van der Waals surface area contributed by atoms with Gasteiger partial charge in [-0.1, -0.05) is 58.6 Å². The third-order valence-corrected chi connectivity index (χ3v) is 5.81. The SMILES string of the molecule is COC(=O)c1ccc(CSc2nnc(NC(=O)c3cc(-c4ccccc4)on3)s2)o1. The minimum atomic E-state index is -0.532. The van der Waals surface area contributed by atoms with Crippen LogP contribution in [0, 0.1) is 0 Å². The number of nitrogens with one attached hydrogen (secondary N) is 1. The van der Waals surface area contributed by atoms with Crippen molar-refractivity contribution in [1.82, 2.24) is 15.4 Å². The van der Waals surface area contributed by atoms with Crippen molar-refractivity contribution in [3.05, 3.63) is 65.7 Å². The monoisotopic (exact) mass is 442 g/mol. The van der Waals surface area contributed by atoms with E-state index in [1.165, 1.54) is 30.2 Å². The van der Waals surface area contributed by atoms with E-state index in [1.807, 2.05) is 30.3 Å². The van der Waals surface area contributed by atoms with Crippen molar-refractivity contribution in [1.29, 1.82) is 0 Å². The molecule has 0 saturated carbocycles. The quantitative estimate of drug-likeness (QED) is 0.256. The van der Waals surface area contributed by atoms with Gasteiger partial charge in [-0.15, -0.1) is 10.2 Å². The number of benzene rings is 1. The molecular formula is C19H14N4O5S2. The highest BCUT2D eigenvalue weighted by molar-refractivity contribution is 8.00. The standard InChI is InChI=1S/C19H14N4O5S2/c1-26-17(25)14-8-7-12(27-14)10-29-19-22-21-18(30-19)20-16(24)13-9-15(28-23-13)11-5-3-2-4-6-11/h2-9H,10H2,1H3,(H,20,21,24). The second-order valence-corrected chi connectivity index (χ2v) is 8.02. The molecule has 0 bridgehead atoms. The summed E-state index contributed by atoms with van der Waals surface area (Å²) in [6.07, 6.45) is 0. The van der Waals surface area contributed by atoms with E-state index in [9.17, 15) is 9.59 Å². The second kappa shape index (κ2) is 8.93. The number of hydrogen-bond donors (Lipinski definition) is 1. The van der Waals surface area contributed by atoms with Crippen LogP contribution in [0.2, 0.25) is 0 Å². The normalized spacial score (nSPS) is 10.7. The molecule has 1 N–H and O–H groups in total. The number of carbonyl (C=O) groups is 2. The molecule has 9 nitrogen and oxygen atoms in total. The lowest BCUT2D eigenvalue weighted by Crippen LogP contribution is -2.11. The summed E-state index contributed by atoms with van der Waals surface area (Å²) in [5.41, 5.74) is 0.969. The number of ether oxygens (including phenoxy) is 1. The van der Waals surface area contributed by atoms with Gasteiger partial charge < -0.3 is 13.7 Å². The zero-order valence-corrected chi connectivity index (χ0v) is 17.2. The summed E-state index contributed by atoms with van der Waals surface area (Å²) in [6.45, 7) is 0. The van der Waals surface area contributed by atoms with Gasteiger partial charge in [-0.2, -0.15) is 0 Å². The Morgan fingerprint density at radius 3 is 2.80 bits per heavy atom.